The van der Waals surface area contributed by atoms with Gasteiger partial charge in [-0.25, -0.2) is 0 Å². The van der Waals surface area contributed by atoms with Crippen LogP contribution in [0.25, 0.3) is 33.0 Å². The van der Waals surface area contributed by atoms with E-state index < -0.39 is 0 Å². The van der Waals surface area contributed by atoms with Crippen molar-refractivity contribution >= 4 is 80.1 Å². The van der Waals surface area contributed by atoms with E-state index in [2.05, 4.69) is 167 Å². The summed E-state index contributed by atoms with van der Waals surface area (Å²) in [7, 11) is 0. The Morgan fingerprint density at radius 2 is 0.843 bits per heavy atom. The summed E-state index contributed by atoms with van der Waals surface area (Å²) in [6.45, 7) is 0.159. The number of ether oxygens (including phenoxy) is 1. The van der Waals surface area contributed by atoms with Gasteiger partial charge in [0.25, 0.3) is 0 Å². The van der Waals surface area contributed by atoms with Crippen LogP contribution in [0.3, 0.4) is 0 Å². The van der Waals surface area contributed by atoms with Gasteiger partial charge < -0.3 is 14.4 Å². The van der Waals surface area contributed by atoms with Gasteiger partial charge in [0.15, 0.2) is 11.5 Å². The van der Waals surface area contributed by atoms with Crippen LogP contribution in [0.1, 0.15) is 0 Å². The fraction of sp³-hybridized carbons (Fsp3) is 0. The average Bonchev–Trinajstić information content (AvgIpc) is 3.20. The monoisotopic (exact) mass is 646 g/mol. The van der Waals surface area contributed by atoms with Crippen LogP contribution >= 0.6 is 0 Å². The zero-order valence-electron chi connectivity index (χ0n) is 27.6. The van der Waals surface area contributed by atoms with E-state index in [0.717, 1.165) is 28.6 Å². The van der Waals surface area contributed by atoms with E-state index in [1.54, 1.807) is 0 Å². The van der Waals surface area contributed by atoms with Gasteiger partial charge in [-0.1, -0.05) is 145 Å². The van der Waals surface area contributed by atoms with Crippen molar-refractivity contribution in [3.63, 3.8) is 0 Å². The van der Waals surface area contributed by atoms with Crippen LogP contribution in [0, 0.1) is 0 Å². The van der Waals surface area contributed by atoms with Crippen molar-refractivity contribution in [3.8, 4) is 33.8 Å². The first-order valence-corrected chi connectivity index (χ1v) is 17.8. The van der Waals surface area contributed by atoms with E-state index in [0.29, 0.717) is 0 Å². The molecule has 4 aliphatic rings. The summed E-state index contributed by atoms with van der Waals surface area (Å²) in [5.74, 6) is 1.72. The second-order valence-corrected chi connectivity index (χ2v) is 14.0. The van der Waals surface area contributed by atoms with E-state index in [1.165, 1.54) is 71.7 Å². The molecule has 234 valence electrons. The smallest absolute Gasteiger partial charge is 0.329 e. The normalized spacial score (nSPS) is 13.9. The highest BCUT2D eigenvalue weighted by Gasteiger charge is 2.48. The van der Waals surface area contributed by atoms with Crippen LogP contribution in [0.15, 0.2) is 170 Å². The number of fused-ring (bicyclic) bond motifs is 9. The Balaban J connectivity index is 1.15. The van der Waals surface area contributed by atoms with Gasteiger partial charge in [-0.05, 0) is 68.7 Å². The number of rotatable bonds is 2. The molecule has 0 saturated carbocycles. The summed E-state index contributed by atoms with van der Waals surface area (Å²) in [5.41, 5.74) is 18.0. The number of hydrogen-bond acceptors (Lipinski definition) is 3. The summed E-state index contributed by atoms with van der Waals surface area (Å²) in [6, 6.07) is 62.4. The lowest BCUT2D eigenvalue weighted by Crippen LogP contribution is -2.67. The number of benzene rings is 8. The molecule has 3 nitrogen and oxygen atoms in total. The molecule has 0 unspecified atom stereocenters. The first-order chi connectivity index (χ1) is 25.3. The second kappa shape index (κ2) is 10.1. The van der Waals surface area contributed by atoms with Gasteiger partial charge in [-0.15, -0.1) is 0 Å². The van der Waals surface area contributed by atoms with E-state index in [9.17, 15) is 0 Å². The van der Waals surface area contributed by atoms with Gasteiger partial charge in [0, 0.05) is 27.9 Å². The predicted molar refractivity (Wildman–Crippen MR) is 214 cm³/mol. The molecule has 0 bridgehead atoms. The molecular formula is C46H28B2N2O. The first-order valence-electron chi connectivity index (χ1n) is 17.8. The van der Waals surface area contributed by atoms with Gasteiger partial charge in [0.05, 0.1) is 17.1 Å². The van der Waals surface area contributed by atoms with Gasteiger partial charge in [0.2, 0.25) is 6.71 Å². The molecule has 4 aliphatic heterocycles. The molecule has 8 aromatic rings. The van der Waals surface area contributed by atoms with E-state index in [-0.39, 0.29) is 13.6 Å². The molecule has 0 aromatic heterocycles. The highest BCUT2D eigenvalue weighted by Crippen LogP contribution is 2.52. The fourth-order valence-electron chi connectivity index (χ4n) is 9.56. The van der Waals surface area contributed by atoms with Crippen LogP contribution < -0.4 is 41.8 Å². The number of anilines is 5. The molecule has 0 saturated heterocycles. The summed E-state index contributed by atoms with van der Waals surface area (Å²) < 4.78 is 6.40. The molecule has 5 heteroatoms. The van der Waals surface area contributed by atoms with Gasteiger partial charge in [-0.3, -0.25) is 0 Å². The van der Waals surface area contributed by atoms with Crippen molar-refractivity contribution in [2.75, 3.05) is 9.71 Å². The Labute approximate surface area is 297 Å². The van der Waals surface area contributed by atoms with E-state index >= 15 is 0 Å². The largest absolute Gasteiger partial charge is 0.453 e. The van der Waals surface area contributed by atoms with Crippen LogP contribution in [-0.2, 0) is 0 Å². The lowest BCUT2D eigenvalue weighted by molar-refractivity contribution is 0.477. The van der Waals surface area contributed by atoms with Crippen molar-refractivity contribution in [1.29, 1.82) is 0 Å². The molecule has 51 heavy (non-hydrogen) atoms. The highest BCUT2D eigenvalue weighted by molar-refractivity contribution is 7.02. The molecule has 12 rings (SSSR count). The minimum Gasteiger partial charge on any atom is -0.453 e. The predicted octanol–water partition coefficient (Wildman–Crippen LogP) is 8.15. The van der Waals surface area contributed by atoms with Crippen molar-refractivity contribution in [1.82, 2.24) is 0 Å². The first kappa shape index (κ1) is 27.4. The highest BCUT2D eigenvalue weighted by atomic mass is 16.5. The summed E-state index contributed by atoms with van der Waals surface area (Å²) in [4.78, 5) is 5.05. The molecule has 0 N–H and O–H groups in total. The van der Waals surface area contributed by atoms with Crippen molar-refractivity contribution in [2.45, 2.75) is 0 Å². The topological polar surface area (TPSA) is 15.7 Å². The van der Waals surface area contributed by atoms with Gasteiger partial charge in [-0.2, -0.15) is 0 Å². The zero-order chi connectivity index (χ0) is 33.2. The van der Waals surface area contributed by atoms with Crippen molar-refractivity contribution in [2.24, 2.45) is 0 Å². The maximum Gasteiger partial charge on any atom is 0.329 e. The number of para-hydroxylation sites is 6. The Bertz CT molecular complexity index is 2650. The van der Waals surface area contributed by atoms with Crippen LogP contribution in [0.2, 0.25) is 0 Å². The second-order valence-electron chi connectivity index (χ2n) is 14.0. The fourth-order valence-corrected chi connectivity index (χ4v) is 9.56. The van der Waals surface area contributed by atoms with E-state index in [4.69, 9.17) is 4.74 Å². The molecule has 4 heterocycles. The average molecular weight is 646 g/mol. The SMILES string of the molecule is c1ccc2c(c1)Oc1ccccc1N2c1ccc(B2c3cccc4c3N3B(c5ccccc5-4)c4ccccc4-c4cccc2c43)c2ccccc12. The van der Waals surface area contributed by atoms with Crippen LogP contribution in [0.4, 0.5) is 28.4 Å². The van der Waals surface area contributed by atoms with Crippen LogP contribution in [0.5, 0.6) is 11.5 Å². The third-order valence-electron chi connectivity index (χ3n) is 11.5. The molecule has 0 fully saturated rings. The van der Waals surface area contributed by atoms with Gasteiger partial charge >= 0.3 is 6.85 Å². The number of nitrogens with zero attached hydrogens (tertiary/aromatic N) is 2. The molecule has 0 atom stereocenters. The van der Waals surface area contributed by atoms with Crippen LogP contribution in [-0.4, -0.2) is 13.6 Å². The summed E-state index contributed by atoms with van der Waals surface area (Å²) in [5, 5.41) is 2.47. The molecular weight excluding hydrogens is 618 g/mol. The maximum absolute atomic E-state index is 6.40. The maximum atomic E-state index is 6.40. The van der Waals surface area contributed by atoms with Crippen molar-refractivity contribution in [3.05, 3.63) is 170 Å². The summed E-state index contributed by atoms with van der Waals surface area (Å²) >= 11 is 0. The van der Waals surface area contributed by atoms with Crippen molar-refractivity contribution < 1.29 is 4.74 Å². The molecule has 0 amide bonds. The zero-order valence-corrected chi connectivity index (χ0v) is 27.6. The minimum absolute atomic E-state index is 0.0468. The minimum atomic E-state index is 0.0468. The van der Waals surface area contributed by atoms with E-state index in [1.807, 2.05) is 12.1 Å². The molecule has 0 aliphatic carbocycles. The molecule has 0 radical (unpaired) electrons. The van der Waals surface area contributed by atoms with Gasteiger partial charge in [0.1, 0.15) is 0 Å². The number of hydrogen-bond donors (Lipinski definition) is 0. The lowest BCUT2D eigenvalue weighted by atomic mass is 9.31. The summed E-state index contributed by atoms with van der Waals surface area (Å²) in [6.07, 6.45) is 0. The third-order valence-corrected chi connectivity index (χ3v) is 11.5. The molecule has 0 spiro atoms. The standard InChI is InChI=1S/C46H28B2N2O/c1-2-16-32-29(13-1)35(27-28-40(32)49-41-23-7-9-25-43(41)51-44-26-10-8-24-42(44)49)47-38-21-11-17-33-30-14-3-5-19-36(30)48-37-20-6-4-15-31(37)34-18-12-22-39(47)46(34)50(48)45(33)38/h1-28H. The molecule has 8 aromatic carbocycles. The third kappa shape index (κ3) is 3.55. The quantitative estimate of drug-likeness (QED) is 0.177. The lowest BCUT2D eigenvalue weighted by Gasteiger charge is -2.49. The Kier molecular flexibility index (Phi) is 5.40. The Morgan fingerprint density at radius 3 is 1.47 bits per heavy atom. The Hall–Kier alpha value is -6.45. The Morgan fingerprint density at radius 1 is 0.353 bits per heavy atom.